The third-order valence-electron chi connectivity index (χ3n) is 3.45. The van der Waals surface area contributed by atoms with E-state index in [4.69, 9.17) is 18.0 Å². The van der Waals surface area contributed by atoms with E-state index in [1.165, 1.54) is 0 Å². The molecule has 4 heteroatoms. The Labute approximate surface area is 123 Å². The normalized spacial score (nSPS) is 17.1. The summed E-state index contributed by atoms with van der Waals surface area (Å²) in [6, 6.07) is 0. The Morgan fingerprint density at radius 3 is 2.79 bits per heavy atom. The Bertz CT molecular complexity index is 555. The minimum Gasteiger partial charge on any atom is -0.389 e. The van der Waals surface area contributed by atoms with Crippen molar-refractivity contribution in [2.45, 2.75) is 39.5 Å². The number of nitrogens with two attached hydrogens (primary N) is 1. The van der Waals surface area contributed by atoms with Crippen molar-refractivity contribution in [3.63, 3.8) is 0 Å². The molecule has 0 fully saturated rings. The van der Waals surface area contributed by atoms with Gasteiger partial charge in [-0.2, -0.15) is 0 Å². The Kier molecular flexibility index (Phi) is 3.92. The summed E-state index contributed by atoms with van der Waals surface area (Å²) in [6.07, 6.45) is 5.09. The van der Waals surface area contributed by atoms with Crippen molar-refractivity contribution in [2.75, 3.05) is 0 Å². The van der Waals surface area contributed by atoms with Gasteiger partial charge in [-0.25, -0.2) is 0 Å². The van der Waals surface area contributed by atoms with E-state index in [0.717, 1.165) is 40.1 Å². The number of carbonyl (C=O) groups excluding carboxylic acids is 1. The second-order valence-corrected chi connectivity index (χ2v) is 7.39. The number of thiophene rings is 1. The van der Waals surface area contributed by atoms with E-state index >= 15 is 0 Å². The molecule has 0 saturated heterocycles. The Morgan fingerprint density at radius 1 is 1.53 bits per heavy atom. The van der Waals surface area contributed by atoms with E-state index in [0.29, 0.717) is 11.4 Å². The number of fused-ring (bicyclic) bond motifs is 1. The van der Waals surface area contributed by atoms with Crippen molar-refractivity contribution < 1.29 is 4.79 Å². The standard InChI is InChI=1S/C15H19NOS2/c1-4-5-6-11-12-9(13(19-11)14(16)18)7-15(2,3)8-10(12)17/h4H,1,5-8H2,2-3H3,(H2,16,18). The molecule has 19 heavy (non-hydrogen) atoms. The number of Topliss-reactive ketones (excluding diaryl/α,β-unsaturated/α-hetero) is 1. The SMILES string of the molecule is C=CCCc1sc(C(N)=S)c2c1C(=O)CC(C)(C)C2. The monoisotopic (exact) mass is 293 g/mol. The van der Waals surface area contributed by atoms with Crippen LogP contribution in [-0.2, 0) is 12.8 Å². The molecular formula is C15H19NOS2. The van der Waals surface area contributed by atoms with Crippen LogP contribution in [0.25, 0.3) is 0 Å². The topological polar surface area (TPSA) is 43.1 Å². The zero-order valence-electron chi connectivity index (χ0n) is 11.4. The lowest BCUT2D eigenvalue weighted by Gasteiger charge is -2.29. The number of carbonyl (C=O) groups is 1. The fourth-order valence-corrected chi connectivity index (χ4v) is 4.13. The van der Waals surface area contributed by atoms with Crippen LogP contribution in [0.4, 0.5) is 0 Å². The average Bonchev–Trinajstić information content (AvgIpc) is 2.63. The minimum atomic E-state index is 0.000394. The summed E-state index contributed by atoms with van der Waals surface area (Å²) in [6.45, 7) is 7.99. The predicted molar refractivity (Wildman–Crippen MR) is 85.2 cm³/mol. The van der Waals surface area contributed by atoms with Crippen LogP contribution < -0.4 is 5.73 Å². The van der Waals surface area contributed by atoms with E-state index in [-0.39, 0.29) is 11.2 Å². The molecule has 1 aromatic rings. The summed E-state index contributed by atoms with van der Waals surface area (Å²) >= 11 is 6.74. The number of ketones is 1. The number of thiocarbonyl (C=S) groups is 1. The van der Waals surface area contributed by atoms with E-state index < -0.39 is 0 Å². The Morgan fingerprint density at radius 2 is 2.21 bits per heavy atom. The van der Waals surface area contributed by atoms with Crippen LogP contribution in [0.2, 0.25) is 0 Å². The molecule has 1 aromatic heterocycles. The fraction of sp³-hybridized carbons (Fsp3) is 0.467. The van der Waals surface area contributed by atoms with Gasteiger partial charge in [0.05, 0.1) is 4.88 Å². The molecule has 102 valence electrons. The Balaban J connectivity index is 2.54. The van der Waals surface area contributed by atoms with Crippen molar-refractivity contribution in [1.82, 2.24) is 0 Å². The third kappa shape index (κ3) is 2.79. The van der Waals surface area contributed by atoms with E-state index in [1.807, 2.05) is 6.08 Å². The van der Waals surface area contributed by atoms with Crippen LogP contribution in [0.3, 0.4) is 0 Å². The van der Waals surface area contributed by atoms with Gasteiger partial charge in [0.2, 0.25) is 0 Å². The van der Waals surface area contributed by atoms with Gasteiger partial charge in [-0.1, -0.05) is 32.1 Å². The van der Waals surface area contributed by atoms with E-state index in [2.05, 4.69) is 20.4 Å². The summed E-state index contributed by atoms with van der Waals surface area (Å²) in [7, 11) is 0. The molecule has 1 aliphatic carbocycles. The van der Waals surface area contributed by atoms with Crippen molar-refractivity contribution in [1.29, 1.82) is 0 Å². The first-order chi connectivity index (χ1) is 8.85. The quantitative estimate of drug-likeness (QED) is 0.680. The molecule has 2 N–H and O–H groups in total. The number of aryl methyl sites for hydroxylation is 1. The van der Waals surface area contributed by atoms with Gasteiger partial charge >= 0.3 is 0 Å². The molecule has 1 heterocycles. The van der Waals surface area contributed by atoms with Crippen LogP contribution in [-0.4, -0.2) is 10.8 Å². The highest BCUT2D eigenvalue weighted by Crippen LogP contribution is 2.41. The lowest BCUT2D eigenvalue weighted by molar-refractivity contribution is 0.0912. The van der Waals surface area contributed by atoms with Crippen molar-refractivity contribution in [3.05, 3.63) is 33.5 Å². The van der Waals surface area contributed by atoms with Crippen LogP contribution in [0.15, 0.2) is 12.7 Å². The second kappa shape index (κ2) is 5.17. The van der Waals surface area contributed by atoms with Crippen LogP contribution in [0.5, 0.6) is 0 Å². The molecule has 2 nitrogen and oxygen atoms in total. The molecule has 0 atom stereocenters. The molecule has 0 unspecified atom stereocenters. The zero-order chi connectivity index (χ0) is 14.2. The Hall–Kier alpha value is -1.00. The second-order valence-electron chi connectivity index (χ2n) is 5.84. The van der Waals surface area contributed by atoms with Crippen molar-refractivity contribution in [2.24, 2.45) is 11.1 Å². The fourth-order valence-electron chi connectivity index (χ4n) is 2.68. The molecule has 2 rings (SSSR count). The maximum Gasteiger partial charge on any atom is 0.164 e. The molecule has 0 spiro atoms. The van der Waals surface area contributed by atoms with Gasteiger partial charge in [-0.3, -0.25) is 4.79 Å². The lowest BCUT2D eigenvalue weighted by Crippen LogP contribution is -2.28. The molecule has 0 saturated carbocycles. The van der Waals surface area contributed by atoms with Gasteiger partial charge < -0.3 is 5.73 Å². The number of allylic oxidation sites excluding steroid dienone is 1. The number of rotatable bonds is 4. The van der Waals surface area contributed by atoms with Gasteiger partial charge in [0.15, 0.2) is 5.78 Å². The molecule has 0 amide bonds. The maximum absolute atomic E-state index is 12.4. The summed E-state index contributed by atoms with van der Waals surface area (Å²) < 4.78 is 0. The van der Waals surface area contributed by atoms with Crippen LogP contribution in [0.1, 0.15) is 52.4 Å². The maximum atomic E-state index is 12.4. The van der Waals surface area contributed by atoms with Crippen molar-refractivity contribution in [3.8, 4) is 0 Å². The molecule has 1 aliphatic rings. The average molecular weight is 293 g/mol. The molecule has 0 radical (unpaired) electrons. The lowest BCUT2D eigenvalue weighted by atomic mass is 9.73. The van der Waals surface area contributed by atoms with Gasteiger partial charge in [-0.05, 0) is 30.2 Å². The van der Waals surface area contributed by atoms with Gasteiger partial charge in [0, 0.05) is 16.9 Å². The van der Waals surface area contributed by atoms with Crippen LogP contribution in [0, 0.1) is 5.41 Å². The van der Waals surface area contributed by atoms with E-state index in [1.54, 1.807) is 11.3 Å². The molecule has 0 bridgehead atoms. The minimum absolute atomic E-state index is 0.000394. The summed E-state index contributed by atoms with van der Waals surface area (Å²) in [5.41, 5.74) is 7.80. The van der Waals surface area contributed by atoms with Crippen molar-refractivity contribution >= 4 is 34.3 Å². The highest BCUT2D eigenvalue weighted by molar-refractivity contribution is 7.81. The predicted octanol–water partition coefficient (Wildman–Crippen LogP) is 3.66. The third-order valence-corrected chi connectivity index (χ3v) is 5.11. The molecular weight excluding hydrogens is 274 g/mol. The molecule has 0 aliphatic heterocycles. The first-order valence-electron chi connectivity index (χ1n) is 6.44. The summed E-state index contributed by atoms with van der Waals surface area (Å²) in [5, 5.41) is 0. The smallest absolute Gasteiger partial charge is 0.164 e. The summed E-state index contributed by atoms with van der Waals surface area (Å²) in [4.78, 5) is 14.9. The molecule has 0 aromatic carbocycles. The number of hydrogen-bond donors (Lipinski definition) is 1. The summed E-state index contributed by atoms with van der Waals surface area (Å²) in [5.74, 6) is 0.240. The highest BCUT2D eigenvalue weighted by atomic mass is 32.1. The first kappa shape index (κ1) is 14.4. The van der Waals surface area contributed by atoms with Crippen LogP contribution >= 0.6 is 23.6 Å². The van der Waals surface area contributed by atoms with Gasteiger partial charge in [0.25, 0.3) is 0 Å². The van der Waals surface area contributed by atoms with Gasteiger partial charge in [0.1, 0.15) is 4.99 Å². The largest absolute Gasteiger partial charge is 0.389 e. The highest BCUT2D eigenvalue weighted by Gasteiger charge is 2.36. The number of hydrogen-bond acceptors (Lipinski definition) is 3. The first-order valence-corrected chi connectivity index (χ1v) is 7.66. The zero-order valence-corrected chi connectivity index (χ0v) is 13.0. The van der Waals surface area contributed by atoms with Gasteiger partial charge in [-0.15, -0.1) is 17.9 Å². The van der Waals surface area contributed by atoms with E-state index in [9.17, 15) is 4.79 Å².